The third-order valence-electron chi connectivity index (χ3n) is 1.12. The van der Waals surface area contributed by atoms with Gasteiger partial charge in [0.2, 0.25) is 0 Å². The first kappa shape index (κ1) is 7.22. The summed E-state index contributed by atoms with van der Waals surface area (Å²) < 4.78 is 0. The van der Waals surface area contributed by atoms with Crippen LogP contribution in [0.1, 0.15) is 0 Å². The molecule has 0 saturated carbocycles. The zero-order valence-corrected chi connectivity index (χ0v) is 5.40. The van der Waals surface area contributed by atoms with Crippen LogP contribution in [0.25, 0.3) is 0 Å². The molecule has 0 fully saturated rings. The van der Waals surface area contributed by atoms with Crippen LogP contribution in [0, 0.1) is 10.1 Å². The van der Waals surface area contributed by atoms with E-state index in [2.05, 4.69) is 11.5 Å². The van der Waals surface area contributed by atoms with Crippen molar-refractivity contribution >= 4 is 6.29 Å². The van der Waals surface area contributed by atoms with E-state index in [1.54, 1.807) is 0 Å². The Hall–Kier alpha value is -1.89. The van der Waals surface area contributed by atoms with Crippen LogP contribution in [-0.2, 0) is 4.79 Å². The van der Waals surface area contributed by atoms with Crippen molar-refractivity contribution < 1.29 is 9.72 Å². The van der Waals surface area contributed by atoms with Crippen LogP contribution in [0.15, 0.2) is 34.9 Å². The Morgan fingerprint density at radius 2 is 2.36 bits per heavy atom. The molecule has 0 aliphatic heterocycles. The second-order valence-electron chi connectivity index (χ2n) is 1.78. The van der Waals surface area contributed by atoms with E-state index in [0.717, 1.165) is 0 Å². The molecule has 54 valence electrons. The van der Waals surface area contributed by atoms with Crippen LogP contribution in [-0.4, -0.2) is 11.2 Å². The molecule has 0 aromatic heterocycles. The van der Waals surface area contributed by atoms with Crippen molar-refractivity contribution in [2.45, 2.75) is 0 Å². The number of hydrogen-bond donors (Lipinski definition) is 0. The lowest BCUT2D eigenvalue weighted by molar-refractivity contribution is -0.419. The summed E-state index contributed by atoms with van der Waals surface area (Å²) in [6.45, 7) is 0. The van der Waals surface area contributed by atoms with Crippen LogP contribution < -0.4 is 0 Å². The summed E-state index contributed by atoms with van der Waals surface area (Å²) in [5.41, 5.74) is 4.31. The highest BCUT2D eigenvalue weighted by Crippen LogP contribution is 2.08. The van der Waals surface area contributed by atoms with Gasteiger partial charge in [-0.05, 0) is 12.2 Å². The number of hydrogen-bond acceptors (Lipinski definition) is 3. The normalized spacial score (nSPS) is 13.8. The Balaban J connectivity index is 3.19. The van der Waals surface area contributed by atoms with E-state index in [9.17, 15) is 14.9 Å². The molecule has 0 spiro atoms. The molecule has 1 aliphatic rings. The van der Waals surface area contributed by atoms with Crippen molar-refractivity contribution in [3.63, 3.8) is 0 Å². The van der Waals surface area contributed by atoms with Crippen LogP contribution in [0.3, 0.4) is 0 Å². The monoisotopic (exact) mass is 149 g/mol. The fraction of sp³-hybridized carbons (Fsp3) is 0. The van der Waals surface area contributed by atoms with E-state index in [0.29, 0.717) is 6.29 Å². The summed E-state index contributed by atoms with van der Waals surface area (Å²) in [6, 6.07) is 0. The molecule has 0 heterocycles. The number of rotatable bonds is 2. The van der Waals surface area contributed by atoms with E-state index in [1.807, 2.05) is 0 Å². The first-order valence-electron chi connectivity index (χ1n) is 2.77. The van der Waals surface area contributed by atoms with Gasteiger partial charge in [-0.25, -0.2) is 0 Å². The average molecular weight is 149 g/mol. The van der Waals surface area contributed by atoms with Crippen molar-refractivity contribution in [1.82, 2.24) is 0 Å². The summed E-state index contributed by atoms with van der Waals surface area (Å²) >= 11 is 0. The van der Waals surface area contributed by atoms with E-state index in [-0.39, 0.29) is 11.3 Å². The molecule has 0 amide bonds. The molecular weight excluding hydrogens is 146 g/mol. The maximum atomic E-state index is 10.2. The molecule has 0 bridgehead atoms. The first-order valence-corrected chi connectivity index (χ1v) is 2.77. The molecule has 4 nitrogen and oxygen atoms in total. The van der Waals surface area contributed by atoms with Gasteiger partial charge in [0.1, 0.15) is 5.57 Å². The lowest BCUT2D eigenvalue weighted by Crippen LogP contribution is -2.02. The molecule has 0 radical (unpaired) electrons. The van der Waals surface area contributed by atoms with Gasteiger partial charge in [0.15, 0.2) is 6.29 Å². The lowest BCUT2D eigenvalue weighted by Gasteiger charge is -1.92. The standard InChI is InChI=1S/C7H3NO3/c9-5-6-3-1-2-4-7(6)8(10)11/h1,3,5H. The SMILES string of the molecule is O=CC1=CC=C=C=C1[N+](=O)[O-]. The summed E-state index contributed by atoms with van der Waals surface area (Å²) in [7, 11) is 0. The molecule has 0 N–H and O–H groups in total. The van der Waals surface area contributed by atoms with Gasteiger partial charge < -0.3 is 0 Å². The molecular formula is C7H3NO3. The van der Waals surface area contributed by atoms with Crippen LogP contribution in [0.2, 0.25) is 0 Å². The number of allylic oxidation sites excluding steroid dienone is 3. The Morgan fingerprint density at radius 3 is 2.82 bits per heavy atom. The minimum Gasteiger partial charge on any atom is -0.298 e. The summed E-state index contributed by atoms with van der Waals surface area (Å²) in [4.78, 5) is 19.7. The fourth-order valence-corrected chi connectivity index (χ4v) is 0.639. The Labute approximate surface area is 62.0 Å². The van der Waals surface area contributed by atoms with Gasteiger partial charge in [0.05, 0.1) is 4.92 Å². The highest BCUT2D eigenvalue weighted by Gasteiger charge is 2.16. The lowest BCUT2D eigenvalue weighted by atomic mass is 10.2. The quantitative estimate of drug-likeness (QED) is 0.250. The maximum absolute atomic E-state index is 10.2. The number of nitrogens with zero attached hydrogens (tertiary/aromatic N) is 1. The van der Waals surface area contributed by atoms with Crippen molar-refractivity contribution in [3.8, 4) is 0 Å². The highest BCUT2D eigenvalue weighted by molar-refractivity contribution is 5.79. The van der Waals surface area contributed by atoms with E-state index in [4.69, 9.17) is 0 Å². The van der Waals surface area contributed by atoms with E-state index < -0.39 is 4.92 Å². The third kappa shape index (κ3) is 1.33. The zero-order valence-electron chi connectivity index (χ0n) is 5.40. The second-order valence-corrected chi connectivity index (χ2v) is 1.78. The van der Waals surface area contributed by atoms with E-state index in [1.165, 1.54) is 12.2 Å². The van der Waals surface area contributed by atoms with E-state index >= 15 is 0 Å². The van der Waals surface area contributed by atoms with Gasteiger partial charge >= 0.3 is 5.70 Å². The molecule has 0 unspecified atom stereocenters. The summed E-state index contributed by atoms with van der Waals surface area (Å²) in [6.07, 6.45) is 3.14. The predicted molar refractivity (Wildman–Crippen MR) is 36.3 cm³/mol. The van der Waals surface area contributed by atoms with Crippen LogP contribution in [0.4, 0.5) is 0 Å². The van der Waals surface area contributed by atoms with Crippen molar-refractivity contribution in [1.29, 1.82) is 0 Å². The summed E-state index contributed by atoms with van der Waals surface area (Å²) in [5.74, 6) is 0. The van der Waals surface area contributed by atoms with Crippen molar-refractivity contribution in [2.75, 3.05) is 0 Å². The van der Waals surface area contributed by atoms with Gasteiger partial charge in [0, 0.05) is 5.73 Å². The zero-order chi connectivity index (χ0) is 8.27. The van der Waals surface area contributed by atoms with Gasteiger partial charge in [-0.15, -0.1) is 0 Å². The molecule has 4 heteroatoms. The molecule has 1 rings (SSSR count). The maximum Gasteiger partial charge on any atom is 0.330 e. The van der Waals surface area contributed by atoms with Crippen LogP contribution >= 0.6 is 0 Å². The Kier molecular flexibility index (Phi) is 1.83. The fourth-order valence-electron chi connectivity index (χ4n) is 0.639. The minimum atomic E-state index is -0.666. The second kappa shape index (κ2) is 2.80. The molecule has 0 aromatic rings. The molecule has 0 atom stereocenters. The van der Waals surface area contributed by atoms with Gasteiger partial charge in [-0.1, -0.05) is 5.73 Å². The average Bonchev–Trinajstić information content (AvgIpc) is 2.04. The van der Waals surface area contributed by atoms with Gasteiger partial charge in [-0.3, -0.25) is 14.9 Å². The number of aldehydes is 1. The minimum absolute atomic E-state index is 0.0220. The molecule has 0 saturated heterocycles. The topological polar surface area (TPSA) is 60.2 Å². The van der Waals surface area contributed by atoms with Gasteiger partial charge in [-0.2, -0.15) is 0 Å². The smallest absolute Gasteiger partial charge is 0.298 e. The molecule has 0 aromatic carbocycles. The Bertz CT molecular complexity index is 339. The molecule has 11 heavy (non-hydrogen) atoms. The number of nitro groups is 1. The van der Waals surface area contributed by atoms with Crippen molar-refractivity contribution in [2.24, 2.45) is 0 Å². The Morgan fingerprint density at radius 1 is 1.64 bits per heavy atom. The third-order valence-corrected chi connectivity index (χ3v) is 1.12. The van der Waals surface area contributed by atoms with Crippen molar-refractivity contribution in [3.05, 3.63) is 45.0 Å². The van der Waals surface area contributed by atoms with Crippen LogP contribution in [0.5, 0.6) is 0 Å². The number of carbonyl (C=O) groups is 1. The first-order chi connectivity index (χ1) is 5.25. The largest absolute Gasteiger partial charge is 0.330 e. The highest BCUT2D eigenvalue weighted by atomic mass is 16.6. The predicted octanol–water partition coefficient (Wildman–Crippen LogP) is 0.596. The number of carbonyl (C=O) groups excluding carboxylic acids is 1. The summed E-state index contributed by atoms with van der Waals surface area (Å²) in [5, 5.41) is 10.2. The van der Waals surface area contributed by atoms with Gasteiger partial charge in [0.25, 0.3) is 0 Å². The molecule has 1 aliphatic carbocycles.